The van der Waals surface area contributed by atoms with Crippen molar-refractivity contribution < 1.29 is 32.9 Å². The van der Waals surface area contributed by atoms with Crippen LogP contribution in [0.2, 0.25) is 0 Å². The highest BCUT2D eigenvalue weighted by Gasteiger charge is 2.31. The van der Waals surface area contributed by atoms with Crippen LogP contribution in [0.3, 0.4) is 0 Å². The lowest BCUT2D eigenvalue weighted by atomic mass is 10.2. The number of carbonyl (C=O) groups is 1. The molecule has 0 radical (unpaired) electrons. The zero-order valence-corrected chi connectivity index (χ0v) is 13.3. The van der Waals surface area contributed by atoms with Crippen LogP contribution in [0.15, 0.2) is 59.5 Å². The normalized spacial score (nSPS) is 11.4. The van der Waals surface area contributed by atoms with E-state index in [0.717, 1.165) is 27.5 Å². The first-order valence-electron chi connectivity index (χ1n) is 7.39. The van der Waals surface area contributed by atoms with Crippen LogP contribution >= 0.6 is 0 Å². The molecule has 0 aliphatic carbocycles. The van der Waals surface area contributed by atoms with Gasteiger partial charge in [0.15, 0.2) is 0 Å². The fourth-order valence-corrected chi connectivity index (χ4v) is 2.45. The van der Waals surface area contributed by atoms with Gasteiger partial charge in [-0.1, -0.05) is 6.07 Å². The summed E-state index contributed by atoms with van der Waals surface area (Å²) in [4.78, 5) is 23.7. The van der Waals surface area contributed by atoms with Crippen molar-refractivity contribution in [2.45, 2.75) is 6.36 Å². The molecule has 0 fully saturated rings. The van der Waals surface area contributed by atoms with Crippen LogP contribution in [0, 0.1) is 0 Å². The number of aromatic carboxylic acids is 1. The Kier molecular flexibility index (Phi) is 4.40. The number of hydrogen-bond acceptors (Lipinski definition) is 4. The summed E-state index contributed by atoms with van der Waals surface area (Å²) >= 11 is 0. The Balaban J connectivity index is 2.00. The van der Waals surface area contributed by atoms with E-state index in [0.29, 0.717) is 0 Å². The zero-order chi connectivity index (χ0) is 19.8. The highest BCUT2D eigenvalue weighted by atomic mass is 19.4. The molecule has 0 saturated heterocycles. The number of aromatic nitrogens is 2. The van der Waals surface area contributed by atoms with Gasteiger partial charge in [0.2, 0.25) is 5.88 Å². The van der Waals surface area contributed by atoms with Crippen LogP contribution in [0.4, 0.5) is 13.2 Å². The van der Waals surface area contributed by atoms with Crippen LogP contribution < -0.4 is 10.4 Å². The lowest BCUT2D eigenvalue weighted by Crippen LogP contribution is -2.22. The van der Waals surface area contributed by atoms with Crippen LogP contribution in [0.1, 0.15) is 10.4 Å². The molecule has 2 N–H and O–H groups in total. The third kappa shape index (κ3) is 3.78. The van der Waals surface area contributed by atoms with Gasteiger partial charge in [0.25, 0.3) is 0 Å². The molecule has 0 atom stereocenters. The summed E-state index contributed by atoms with van der Waals surface area (Å²) in [5.74, 6) is -2.14. The van der Waals surface area contributed by atoms with Crippen LogP contribution in [-0.2, 0) is 0 Å². The summed E-state index contributed by atoms with van der Waals surface area (Å²) in [6.45, 7) is 0. The van der Waals surface area contributed by atoms with Crippen molar-refractivity contribution >= 4 is 5.97 Å². The van der Waals surface area contributed by atoms with Crippen molar-refractivity contribution in [1.82, 2.24) is 9.13 Å². The maximum absolute atomic E-state index is 12.6. The second-order valence-corrected chi connectivity index (χ2v) is 5.37. The molecule has 0 bridgehead atoms. The van der Waals surface area contributed by atoms with Gasteiger partial charge in [0.05, 0.1) is 23.1 Å². The molecular formula is C17H11F3N2O5. The van der Waals surface area contributed by atoms with Gasteiger partial charge in [-0.15, -0.1) is 13.2 Å². The maximum atomic E-state index is 12.6. The monoisotopic (exact) mass is 380 g/mol. The molecule has 27 heavy (non-hydrogen) atoms. The summed E-state index contributed by atoms with van der Waals surface area (Å²) in [7, 11) is 0. The first kappa shape index (κ1) is 18.1. The fourth-order valence-electron chi connectivity index (χ4n) is 2.45. The number of imidazole rings is 1. The summed E-state index contributed by atoms with van der Waals surface area (Å²) < 4.78 is 42.2. The smallest absolute Gasteiger partial charge is 0.493 e. The van der Waals surface area contributed by atoms with E-state index < -0.39 is 29.7 Å². The molecule has 0 amide bonds. The minimum Gasteiger partial charge on any atom is -0.493 e. The molecule has 0 spiro atoms. The topological polar surface area (TPSA) is 93.7 Å². The largest absolute Gasteiger partial charge is 0.573 e. The van der Waals surface area contributed by atoms with E-state index in [9.17, 15) is 27.9 Å². The van der Waals surface area contributed by atoms with Gasteiger partial charge in [-0.05, 0) is 42.5 Å². The molecule has 0 unspecified atom stereocenters. The van der Waals surface area contributed by atoms with E-state index in [1.807, 2.05) is 0 Å². The Labute approximate surface area is 149 Å². The number of hydrogen-bond donors (Lipinski definition) is 2. The molecule has 3 aromatic rings. The molecule has 3 rings (SSSR count). The number of alkyl halides is 3. The van der Waals surface area contributed by atoms with Crippen molar-refractivity contribution in [1.29, 1.82) is 0 Å². The third-order valence-electron chi connectivity index (χ3n) is 3.57. The van der Waals surface area contributed by atoms with Crippen LogP contribution in [0.5, 0.6) is 11.6 Å². The number of nitrogens with zero attached hydrogens (tertiary/aromatic N) is 2. The van der Waals surface area contributed by atoms with Gasteiger partial charge in [-0.25, -0.2) is 14.2 Å². The molecule has 1 heterocycles. The molecule has 0 aliphatic heterocycles. The number of aromatic hydroxyl groups is 1. The van der Waals surface area contributed by atoms with Gasteiger partial charge in [-0.3, -0.25) is 4.57 Å². The Morgan fingerprint density at radius 2 is 1.70 bits per heavy atom. The average Bonchev–Trinajstić information content (AvgIpc) is 2.89. The van der Waals surface area contributed by atoms with Gasteiger partial charge in [0.1, 0.15) is 5.75 Å². The number of halogens is 3. The predicted molar refractivity (Wildman–Crippen MR) is 86.7 cm³/mol. The summed E-state index contributed by atoms with van der Waals surface area (Å²) in [5.41, 5.74) is -0.522. The second kappa shape index (κ2) is 6.56. The number of carboxylic acids is 1. The highest BCUT2D eigenvalue weighted by molar-refractivity contribution is 5.88. The van der Waals surface area contributed by atoms with Gasteiger partial charge in [-0.2, -0.15) is 0 Å². The molecule has 10 heteroatoms. The first-order valence-corrected chi connectivity index (χ1v) is 7.39. The SMILES string of the molecule is O=C(O)c1cccc(-n2c(O)cn(-c3ccc(OC(F)(F)F)cc3)c2=O)c1. The standard InChI is InChI=1S/C17H11F3N2O5/c18-17(19,20)27-13-6-4-11(5-7-13)21-9-14(23)22(16(21)26)12-3-1-2-10(8-12)15(24)25/h1-9,23H,(H,24,25). The highest BCUT2D eigenvalue weighted by Crippen LogP contribution is 2.24. The van der Waals surface area contributed by atoms with Crippen LogP contribution in [0.25, 0.3) is 11.4 Å². The molecule has 7 nitrogen and oxygen atoms in total. The third-order valence-corrected chi connectivity index (χ3v) is 3.57. The summed E-state index contributed by atoms with van der Waals surface area (Å²) in [5, 5.41) is 19.1. The fraction of sp³-hybridized carbons (Fsp3) is 0.0588. The first-order chi connectivity index (χ1) is 12.7. The second-order valence-electron chi connectivity index (χ2n) is 5.37. The van der Waals surface area contributed by atoms with E-state index in [4.69, 9.17) is 5.11 Å². The van der Waals surface area contributed by atoms with Crippen molar-refractivity contribution in [3.05, 3.63) is 70.8 Å². The maximum Gasteiger partial charge on any atom is 0.573 e. The van der Waals surface area contributed by atoms with E-state index in [1.165, 1.54) is 36.4 Å². The molecule has 1 aromatic heterocycles. The molecule has 0 saturated carbocycles. The molecular weight excluding hydrogens is 369 g/mol. The minimum absolute atomic E-state index is 0.0831. The van der Waals surface area contributed by atoms with E-state index in [2.05, 4.69) is 4.74 Å². The van der Waals surface area contributed by atoms with Crippen molar-refractivity contribution in [3.8, 4) is 23.0 Å². The summed E-state index contributed by atoms with van der Waals surface area (Å²) in [6, 6.07) is 9.82. The Morgan fingerprint density at radius 3 is 2.30 bits per heavy atom. The zero-order valence-electron chi connectivity index (χ0n) is 13.3. The van der Waals surface area contributed by atoms with E-state index in [-0.39, 0.29) is 16.9 Å². The summed E-state index contributed by atoms with van der Waals surface area (Å²) in [6.07, 6.45) is -3.77. The minimum atomic E-state index is -4.84. The van der Waals surface area contributed by atoms with Crippen molar-refractivity contribution in [3.63, 3.8) is 0 Å². The number of benzene rings is 2. The number of ether oxygens (including phenoxy) is 1. The van der Waals surface area contributed by atoms with E-state index >= 15 is 0 Å². The van der Waals surface area contributed by atoms with Gasteiger partial charge >= 0.3 is 18.0 Å². The van der Waals surface area contributed by atoms with Crippen molar-refractivity contribution in [2.75, 3.05) is 0 Å². The lowest BCUT2D eigenvalue weighted by Gasteiger charge is -2.09. The van der Waals surface area contributed by atoms with Crippen molar-refractivity contribution in [2.24, 2.45) is 0 Å². The Morgan fingerprint density at radius 1 is 1.04 bits per heavy atom. The quantitative estimate of drug-likeness (QED) is 0.726. The predicted octanol–water partition coefficient (Wildman–Crippen LogP) is 2.93. The number of rotatable bonds is 4. The lowest BCUT2D eigenvalue weighted by molar-refractivity contribution is -0.274. The van der Waals surface area contributed by atoms with Gasteiger partial charge in [0, 0.05) is 0 Å². The number of carboxylic acid groups (broad SMARTS) is 1. The molecule has 2 aromatic carbocycles. The van der Waals surface area contributed by atoms with Gasteiger partial charge < -0.3 is 14.9 Å². The van der Waals surface area contributed by atoms with Crippen LogP contribution in [-0.4, -0.2) is 31.7 Å². The Hall–Kier alpha value is -3.69. The van der Waals surface area contributed by atoms with E-state index in [1.54, 1.807) is 0 Å². The molecule has 140 valence electrons. The molecule has 0 aliphatic rings. The Bertz CT molecular complexity index is 1050. The average molecular weight is 380 g/mol.